The quantitative estimate of drug-likeness (QED) is 0.515. The van der Waals surface area contributed by atoms with Crippen molar-refractivity contribution in [3.63, 3.8) is 0 Å². The standard InChI is InChI=1S/C7H12INO/c8-9-3-5-1-2-7(10)6(5)4-9/h5-7,10H,1-4H2. The molecule has 1 saturated carbocycles. The molecule has 3 unspecified atom stereocenters. The Bertz CT molecular complexity index is 142. The average Bonchev–Trinajstić information content (AvgIpc) is 2.35. The summed E-state index contributed by atoms with van der Waals surface area (Å²) in [6, 6.07) is 0. The van der Waals surface area contributed by atoms with Crippen LogP contribution in [0.2, 0.25) is 0 Å². The predicted octanol–water partition coefficient (Wildman–Crippen LogP) is 1.04. The summed E-state index contributed by atoms with van der Waals surface area (Å²) in [5.41, 5.74) is 0. The molecule has 0 amide bonds. The fourth-order valence-electron chi connectivity index (χ4n) is 2.18. The van der Waals surface area contributed by atoms with Gasteiger partial charge in [-0.15, -0.1) is 0 Å². The Labute approximate surface area is 75.1 Å². The van der Waals surface area contributed by atoms with Gasteiger partial charge >= 0.3 is 0 Å². The van der Waals surface area contributed by atoms with E-state index in [0.29, 0.717) is 5.92 Å². The molecular weight excluding hydrogens is 241 g/mol. The summed E-state index contributed by atoms with van der Waals surface area (Å²) < 4.78 is 2.30. The summed E-state index contributed by atoms with van der Waals surface area (Å²) >= 11 is 2.35. The van der Waals surface area contributed by atoms with Gasteiger partial charge in [-0.2, -0.15) is 0 Å². The molecular formula is C7H12INO. The number of aliphatic hydroxyl groups excluding tert-OH is 1. The second-order valence-electron chi connectivity index (χ2n) is 3.40. The van der Waals surface area contributed by atoms with E-state index in [2.05, 4.69) is 26.0 Å². The molecule has 1 N–H and O–H groups in total. The summed E-state index contributed by atoms with van der Waals surface area (Å²) in [5.74, 6) is 1.39. The van der Waals surface area contributed by atoms with E-state index in [0.717, 1.165) is 18.9 Å². The maximum Gasteiger partial charge on any atom is 0.0584 e. The van der Waals surface area contributed by atoms with Gasteiger partial charge in [0.25, 0.3) is 0 Å². The minimum atomic E-state index is 0.00441. The molecule has 10 heavy (non-hydrogen) atoms. The molecule has 1 aliphatic carbocycles. The topological polar surface area (TPSA) is 23.5 Å². The maximum atomic E-state index is 9.49. The molecule has 1 aliphatic heterocycles. The Morgan fingerprint density at radius 1 is 1.30 bits per heavy atom. The molecule has 3 heteroatoms. The molecule has 0 aromatic rings. The molecule has 0 spiro atoms. The smallest absolute Gasteiger partial charge is 0.0584 e. The van der Waals surface area contributed by atoms with E-state index in [1.54, 1.807) is 0 Å². The zero-order chi connectivity index (χ0) is 7.14. The number of hydrogen-bond acceptors (Lipinski definition) is 2. The Kier molecular flexibility index (Phi) is 1.90. The number of hydrogen-bond donors (Lipinski definition) is 1. The number of nitrogens with zero attached hydrogens (tertiary/aromatic N) is 1. The summed E-state index contributed by atoms with van der Waals surface area (Å²) in [7, 11) is 0. The molecule has 3 atom stereocenters. The fourth-order valence-corrected chi connectivity index (χ4v) is 3.14. The third kappa shape index (κ3) is 1.08. The van der Waals surface area contributed by atoms with E-state index in [1.165, 1.54) is 13.0 Å². The average molecular weight is 253 g/mol. The highest BCUT2D eigenvalue weighted by atomic mass is 127. The molecule has 58 valence electrons. The third-order valence-corrected chi connectivity index (χ3v) is 3.56. The van der Waals surface area contributed by atoms with Gasteiger partial charge in [0.1, 0.15) is 0 Å². The predicted molar refractivity (Wildman–Crippen MR) is 47.8 cm³/mol. The normalized spacial score (nSPS) is 48.0. The van der Waals surface area contributed by atoms with Crippen LogP contribution in [0.3, 0.4) is 0 Å². The van der Waals surface area contributed by atoms with Crippen LogP contribution in [0.1, 0.15) is 12.8 Å². The largest absolute Gasteiger partial charge is 0.393 e. The van der Waals surface area contributed by atoms with Crippen LogP contribution >= 0.6 is 22.9 Å². The molecule has 2 fully saturated rings. The van der Waals surface area contributed by atoms with Crippen LogP contribution in [-0.4, -0.2) is 27.4 Å². The number of rotatable bonds is 0. The first-order valence-corrected chi connectivity index (χ1v) is 4.82. The first-order chi connectivity index (χ1) is 4.77. The zero-order valence-electron chi connectivity index (χ0n) is 5.83. The van der Waals surface area contributed by atoms with Crippen molar-refractivity contribution in [3.05, 3.63) is 0 Å². The number of halogens is 1. The van der Waals surface area contributed by atoms with Gasteiger partial charge in [0.15, 0.2) is 0 Å². The van der Waals surface area contributed by atoms with Gasteiger partial charge in [-0.1, -0.05) is 0 Å². The number of fused-ring (bicyclic) bond motifs is 1. The van der Waals surface area contributed by atoms with E-state index in [1.807, 2.05) is 0 Å². The van der Waals surface area contributed by atoms with E-state index in [4.69, 9.17) is 0 Å². The van der Waals surface area contributed by atoms with Crippen molar-refractivity contribution in [3.8, 4) is 0 Å². The van der Waals surface area contributed by atoms with Gasteiger partial charge in [-0.05, 0) is 18.8 Å². The molecule has 1 heterocycles. The summed E-state index contributed by atoms with van der Waals surface area (Å²) in [6.07, 6.45) is 2.29. The van der Waals surface area contributed by atoms with E-state index >= 15 is 0 Å². The third-order valence-electron chi connectivity index (χ3n) is 2.77. The Morgan fingerprint density at radius 3 is 2.80 bits per heavy atom. The number of aliphatic hydroxyl groups is 1. The van der Waals surface area contributed by atoms with Gasteiger partial charge < -0.3 is 5.11 Å². The second kappa shape index (κ2) is 2.60. The summed E-state index contributed by atoms with van der Waals surface area (Å²) in [6.45, 7) is 2.30. The SMILES string of the molecule is OC1CCC2CN(I)CC12. The van der Waals surface area contributed by atoms with Gasteiger partial charge in [-0.3, -0.25) is 0 Å². The Hall–Kier alpha value is 0.650. The van der Waals surface area contributed by atoms with E-state index < -0.39 is 0 Å². The minimum Gasteiger partial charge on any atom is -0.393 e. The van der Waals surface area contributed by atoms with E-state index in [9.17, 15) is 5.11 Å². The molecule has 0 bridgehead atoms. The van der Waals surface area contributed by atoms with Crippen LogP contribution in [0.4, 0.5) is 0 Å². The maximum absolute atomic E-state index is 9.49. The van der Waals surface area contributed by atoms with Crippen molar-refractivity contribution < 1.29 is 5.11 Å². The van der Waals surface area contributed by atoms with Gasteiger partial charge in [0.2, 0.25) is 0 Å². The fraction of sp³-hybridized carbons (Fsp3) is 1.00. The molecule has 0 aromatic heterocycles. The summed E-state index contributed by atoms with van der Waals surface area (Å²) in [5, 5.41) is 9.49. The van der Waals surface area contributed by atoms with Crippen LogP contribution in [-0.2, 0) is 0 Å². The van der Waals surface area contributed by atoms with Crippen molar-refractivity contribution in [1.82, 2.24) is 3.11 Å². The molecule has 0 radical (unpaired) electrons. The van der Waals surface area contributed by atoms with Crippen molar-refractivity contribution in [2.24, 2.45) is 11.8 Å². The lowest BCUT2D eigenvalue weighted by molar-refractivity contribution is 0.130. The van der Waals surface area contributed by atoms with Crippen LogP contribution in [0.5, 0.6) is 0 Å². The lowest BCUT2D eigenvalue weighted by Gasteiger charge is -2.10. The van der Waals surface area contributed by atoms with Gasteiger partial charge in [-0.25, -0.2) is 3.11 Å². The molecule has 2 rings (SSSR count). The molecule has 1 saturated heterocycles. The minimum absolute atomic E-state index is 0.00441. The van der Waals surface area contributed by atoms with Crippen LogP contribution in [0, 0.1) is 11.8 Å². The van der Waals surface area contributed by atoms with E-state index in [-0.39, 0.29) is 6.10 Å². The first kappa shape index (κ1) is 7.31. The Balaban J connectivity index is 2.05. The highest BCUT2D eigenvalue weighted by molar-refractivity contribution is 14.1. The zero-order valence-corrected chi connectivity index (χ0v) is 7.99. The van der Waals surface area contributed by atoms with Crippen molar-refractivity contribution in [2.75, 3.05) is 13.1 Å². The van der Waals surface area contributed by atoms with Gasteiger partial charge in [0.05, 0.1) is 6.10 Å². The summed E-state index contributed by atoms with van der Waals surface area (Å²) in [4.78, 5) is 0. The molecule has 2 aliphatic rings. The second-order valence-corrected chi connectivity index (χ2v) is 4.76. The van der Waals surface area contributed by atoms with Crippen LogP contribution < -0.4 is 0 Å². The lowest BCUT2D eigenvalue weighted by atomic mass is 10.00. The first-order valence-electron chi connectivity index (χ1n) is 3.86. The highest BCUT2D eigenvalue weighted by Gasteiger charge is 2.40. The van der Waals surface area contributed by atoms with Crippen LogP contribution in [0.15, 0.2) is 0 Å². The molecule has 0 aromatic carbocycles. The lowest BCUT2D eigenvalue weighted by Crippen LogP contribution is -2.18. The van der Waals surface area contributed by atoms with Crippen molar-refractivity contribution >= 4 is 22.9 Å². The highest BCUT2D eigenvalue weighted by Crippen LogP contribution is 2.39. The Morgan fingerprint density at radius 2 is 2.10 bits per heavy atom. The van der Waals surface area contributed by atoms with Crippen LogP contribution in [0.25, 0.3) is 0 Å². The monoisotopic (exact) mass is 253 g/mol. The van der Waals surface area contributed by atoms with Gasteiger partial charge in [0, 0.05) is 41.9 Å². The van der Waals surface area contributed by atoms with Crippen molar-refractivity contribution in [1.29, 1.82) is 0 Å². The van der Waals surface area contributed by atoms with Crippen molar-refractivity contribution in [2.45, 2.75) is 18.9 Å². The molecule has 2 nitrogen and oxygen atoms in total.